The third kappa shape index (κ3) is 5.06. The number of sulfonamides is 1. The van der Waals surface area contributed by atoms with Crippen LogP contribution in [0.15, 0.2) is 34.3 Å². The van der Waals surface area contributed by atoms with E-state index < -0.39 is 34.9 Å². The summed E-state index contributed by atoms with van der Waals surface area (Å²) in [5, 5.41) is 39.8. The molecule has 9 heteroatoms. The van der Waals surface area contributed by atoms with Crippen LogP contribution < -0.4 is 4.83 Å². The van der Waals surface area contributed by atoms with Crippen LogP contribution in [-0.2, 0) is 10.0 Å². The Labute approximate surface area is 122 Å². The lowest BCUT2D eigenvalue weighted by atomic mass is 10.1. The normalized spacial score (nSPS) is 16.6. The van der Waals surface area contributed by atoms with Gasteiger partial charge in [0.15, 0.2) is 0 Å². The van der Waals surface area contributed by atoms with Crippen LogP contribution >= 0.6 is 0 Å². The van der Waals surface area contributed by atoms with E-state index in [0.717, 1.165) is 11.8 Å². The van der Waals surface area contributed by atoms with Gasteiger partial charge in [0, 0.05) is 0 Å². The molecule has 0 aliphatic rings. The highest BCUT2D eigenvalue weighted by Gasteiger charge is 2.22. The highest BCUT2D eigenvalue weighted by Crippen LogP contribution is 2.09. The van der Waals surface area contributed by atoms with Crippen LogP contribution in [0.2, 0.25) is 0 Å². The first-order valence-electron chi connectivity index (χ1n) is 6.04. The predicted octanol–water partition coefficient (Wildman–Crippen LogP) is -1.67. The SMILES string of the molecule is Cc1ccc(S(=O)(=O)N/N=C\[C@@H](O)[C@H](O)[C@H](O)CO)cc1. The molecule has 0 aliphatic carbocycles. The van der Waals surface area contributed by atoms with Gasteiger partial charge in [-0.25, -0.2) is 4.83 Å². The number of aryl methyl sites for hydroxylation is 1. The molecule has 5 N–H and O–H groups in total. The largest absolute Gasteiger partial charge is 0.394 e. The van der Waals surface area contributed by atoms with E-state index in [2.05, 4.69) is 5.10 Å². The van der Waals surface area contributed by atoms with Gasteiger partial charge in [-0.15, -0.1) is 0 Å². The second kappa shape index (κ2) is 7.48. The average molecular weight is 318 g/mol. The highest BCUT2D eigenvalue weighted by molar-refractivity contribution is 7.89. The van der Waals surface area contributed by atoms with Crippen LogP contribution in [0.5, 0.6) is 0 Å². The standard InChI is InChI=1S/C12H18N2O6S/c1-8-2-4-9(5-3-8)21(19,20)14-13-6-10(16)12(18)11(17)7-15/h2-6,10-12,14-18H,7H2,1H3/b13-6-/t10-,11-,12+/m1/s1. The van der Waals surface area contributed by atoms with E-state index in [0.29, 0.717) is 0 Å². The molecule has 1 aromatic rings. The number of nitrogens with one attached hydrogen (secondary N) is 1. The zero-order chi connectivity index (χ0) is 16.0. The summed E-state index contributed by atoms with van der Waals surface area (Å²) >= 11 is 0. The molecule has 0 unspecified atom stereocenters. The lowest BCUT2D eigenvalue weighted by molar-refractivity contribution is -0.0542. The zero-order valence-corrected chi connectivity index (χ0v) is 12.1. The molecule has 0 amide bonds. The molecule has 1 aromatic carbocycles. The molecular formula is C12H18N2O6S. The predicted molar refractivity (Wildman–Crippen MR) is 75.1 cm³/mol. The zero-order valence-electron chi connectivity index (χ0n) is 11.3. The fourth-order valence-electron chi connectivity index (χ4n) is 1.37. The molecule has 0 saturated heterocycles. The van der Waals surface area contributed by atoms with Gasteiger partial charge in [0.25, 0.3) is 10.0 Å². The van der Waals surface area contributed by atoms with E-state index in [1.165, 1.54) is 12.1 Å². The molecule has 21 heavy (non-hydrogen) atoms. The minimum absolute atomic E-state index is 0.00400. The summed E-state index contributed by atoms with van der Waals surface area (Å²) in [6.07, 6.45) is -4.15. The first-order valence-corrected chi connectivity index (χ1v) is 7.53. The van der Waals surface area contributed by atoms with E-state index in [4.69, 9.17) is 10.2 Å². The van der Waals surface area contributed by atoms with Crippen LogP contribution in [0.4, 0.5) is 0 Å². The maximum absolute atomic E-state index is 11.8. The fraction of sp³-hybridized carbons (Fsp3) is 0.417. The number of aliphatic hydroxyl groups excluding tert-OH is 4. The van der Waals surface area contributed by atoms with Gasteiger partial charge in [0.1, 0.15) is 18.3 Å². The lowest BCUT2D eigenvalue weighted by Crippen LogP contribution is -2.40. The molecule has 0 spiro atoms. The Hall–Kier alpha value is -1.52. The number of hydrogen-bond donors (Lipinski definition) is 5. The van der Waals surface area contributed by atoms with E-state index >= 15 is 0 Å². The second-order valence-corrected chi connectivity index (χ2v) is 6.08. The Balaban J connectivity index is 2.69. The van der Waals surface area contributed by atoms with E-state index in [1.54, 1.807) is 12.1 Å². The molecule has 3 atom stereocenters. The molecule has 8 nitrogen and oxygen atoms in total. The number of benzene rings is 1. The van der Waals surface area contributed by atoms with Gasteiger partial charge in [0.05, 0.1) is 17.7 Å². The third-order valence-electron chi connectivity index (χ3n) is 2.66. The average Bonchev–Trinajstić information content (AvgIpc) is 2.45. The number of rotatable bonds is 7. The van der Waals surface area contributed by atoms with Crippen molar-refractivity contribution in [3.8, 4) is 0 Å². The lowest BCUT2D eigenvalue weighted by Gasteiger charge is -2.18. The van der Waals surface area contributed by atoms with Crippen molar-refractivity contribution in [2.75, 3.05) is 6.61 Å². The number of hydrazone groups is 1. The smallest absolute Gasteiger partial charge is 0.276 e. The van der Waals surface area contributed by atoms with Gasteiger partial charge >= 0.3 is 0 Å². The minimum atomic E-state index is -3.88. The summed E-state index contributed by atoms with van der Waals surface area (Å²) in [5.74, 6) is 0. The number of aliphatic hydroxyl groups is 4. The summed E-state index contributed by atoms with van der Waals surface area (Å²) in [5.41, 5.74) is 0.897. The molecule has 0 aromatic heterocycles. The number of nitrogens with zero attached hydrogens (tertiary/aromatic N) is 1. The van der Waals surface area contributed by atoms with Gasteiger partial charge < -0.3 is 20.4 Å². The van der Waals surface area contributed by atoms with Crippen molar-refractivity contribution >= 4 is 16.2 Å². The van der Waals surface area contributed by atoms with Crippen LogP contribution in [0, 0.1) is 6.92 Å². The topological polar surface area (TPSA) is 139 Å². The van der Waals surface area contributed by atoms with Gasteiger partial charge in [-0.05, 0) is 19.1 Å². The van der Waals surface area contributed by atoms with Crippen molar-refractivity contribution in [2.24, 2.45) is 5.10 Å². The monoisotopic (exact) mass is 318 g/mol. The van der Waals surface area contributed by atoms with Crippen molar-refractivity contribution in [3.05, 3.63) is 29.8 Å². The summed E-state index contributed by atoms with van der Waals surface area (Å²) in [6.45, 7) is 1.06. The van der Waals surface area contributed by atoms with Gasteiger partial charge in [0.2, 0.25) is 0 Å². The van der Waals surface area contributed by atoms with E-state index in [1.807, 2.05) is 11.8 Å². The van der Waals surface area contributed by atoms with Crippen LogP contribution in [0.25, 0.3) is 0 Å². The Kier molecular flexibility index (Phi) is 6.24. The first kappa shape index (κ1) is 17.5. The van der Waals surface area contributed by atoms with Crippen LogP contribution in [-0.4, -0.2) is 60.0 Å². The Bertz CT molecular complexity index is 572. The molecule has 0 aliphatic heterocycles. The molecule has 0 heterocycles. The third-order valence-corrected chi connectivity index (χ3v) is 3.90. The summed E-state index contributed by atoms with van der Waals surface area (Å²) in [6, 6.07) is 6.03. The van der Waals surface area contributed by atoms with Crippen molar-refractivity contribution in [1.82, 2.24) is 4.83 Å². The minimum Gasteiger partial charge on any atom is -0.394 e. The summed E-state index contributed by atoms with van der Waals surface area (Å²) < 4.78 is 23.7. The molecule has 0 saturated carbocycles. The Morgan fingerprint density at radius 2 is 1.81 bits per heavy atom. The Morgan fingerprint density at radius 3 is 2.33 bits per heavy atom. The van der Waals surface area contributed by atoms with Crippen LogP contribution in [0.3, 0.4) is 0 Å². The van der Waals surface area contributed by atoms with Crippen molar-refractivity contribution < 1.29 is 28.8 Å². The molecule has 0 radical (unpaired) electrons. The van der Waals surface area contributed by atoms with Crippen molar-refractivity contribution in [3.63, 3.8) is 0 Å². The van der Waals surface area contributed by atoms with Crippen LogP contribution in [0.1, 0.15) is 5.56 Å². The highest BCUT2D eigenvalue weighted by atomic mass is 32.2. The molecule has 0 fully saturated rings. The number of hydrogen-bond acceptors (Lipinski definition) is 7. The summed E-state index contributed by atoms with van der Waals surface area (Å²) in [4.78, 5) is 1.86. The maximum atomic E-state index is 11.8. The van der Waals surface area contributed by atoms with Gasteiger partial charge in [-0.1, -0.05) is 17.7 Å². The van der Waals surface area contributed by atoms with E-state index in [9.17, 15) is 18.6 Å². The molecular weight excluding hydrogens is 300 g/mol. The van der Waals surface area contributed by atoms with Crippen molar-refractivity contribution in [1.29, 1.82) is 0 Å². The quantitative estimate of drug-likeness (QED) is 0.301. The molecule has 1 rings (SSSR count). The maximum Gasteiger partial charge on any atom is 0.276 e. The summed E-state index contributed by atoms with van der Waals surface area (Å²) in [7, 11) is -3.88. The van der Waals surface area contributed by atoms with Gasteiger partial charge in [-0.2, -0.15) is 13.5 Å². The fourth-order valence-corrected chi connectivity index (χ4v) is 2.17. The molecule has 0 bridgehead atoms. The molecule has 118 valence electrons. The van der Waals surface area contributed by atoms with E-state index in [-0.39, 0.29) is 4.90 Å². The first-order chi connectivity index (χ1) is 9.77. The second-order valence-electron chi connectivity index (χ2n) is 4.42. The Morgan fingerprint density at radius 1 is 1.24 bits per heavy atom. The van der Waals surface area contributed by atoms with Crippen molar-refractivity contribution in [2.45, 2.75) is 30.1 Å². The van der Waals surface area contributed by atoms with Gasteiger partial charge in [-0.3, -0.25) is 0 Å².